The minimum Gasteiger partial charge on any atom is -0.458 e. The molecule has 8 heteroatoms. The zero-order valence-electron chi connectivity index (χ0n) is 18.2. The van der Waals surface area contributed by atoms with Gasteiger partial charge in [-0.25, -0.2) is 14.4 Å². The lowest BCUT2D eigenvalue weighted by Gasteiger charge is -2.39. The van der Waals surface area contributed by atoms with Gasteiger partial charge in [0.2, 0.25) is 0 Å². The van der Waals surface area contributed by atoms with Crippen molar-refractivity contribution < 1.29 is 38.5 Å². The minimum atomic E-state index is -2.30. The number of ketones is 1. The summed E-state index contributed by atoms with van der Waals surface area (Å²) in [5.41, 5.74) is -2.27. The van der Waals surface area contributed by atoms with E-state index < -0.39 is 53.5 Å². The zero-order valence-corrected chi connectivity index (χ0v) is 18.2. The van der Waals surface area contributed by atoms with E-state index in [9.17, 15) is 24.3 Å². The number of aliphatic hydroxyl groups is 1. The van der Waals surface area contributed by atoms with Gasteiger partial charge in [-0.3, -0.25) is 4.79 Å². The first-order valence-corrected chi connectivity index (χ1v) is 9.85. The predicted octanol–water partition coefficient (Wildman–Crippen LogP) is 1.98. The van der Waals surface area contributed by atoms with Gasteiger partial charge in [0.25, 0.3) is 0 Å². The van der Waals surface area contributed by atoms with Gasteiger partial charge in [0.1, 0.15) is 6.10 Å². The molecule has 0 amide bonds. The van der Waals surface area contributed by atoms with Crippen molar-refractivity contribution in [3.8, 4) is 0 Å². The van der Waals surface area contributed by atoms with Crippen LogP contribution in [0.2, 0.25) is 0 Å². The van der Waals surface area contributed by atoms with Crippen molar-refractivity contribution in [2.75, 3.05) is 0 Å². The number of esters is 3. The standard InChI is InChI=1S/C23H28O8/c1-11(2)20(25)30-18-17-14(6)22(27)29-15(17)10-13(5)8-9-16(24)23(7,28)19(18)31-21(26)12(3)4/h8-9,13,15,17-19,28H,1,3,6,10H2,2,4-5,7H3. The number of carbonyl (C=O) groups is 4. The summed E-state index contributed by atoms with van der Waals surface area (Å²) >= 11 is 0. The molecule has 1 aliphatic carbocycles. The molecule has 1 fully saturated rings. The van der Waals surface area contributed by atoms with E-state index in [2.05, 4.69) is 19.7 Å². The molecule has 31 heavy (non-hydrogen) atoms. The third-order valence-corrected chi connectivity index (χ3v) is 5.38. The summed E-state index contributed by atoms with van der Waals surface area (Å²) in [6.45, 7) is 16.6. The summed E-state index contributed by atoms with van der Waals surface area (Å²) in [6.07, 6.45) is -0.865. The van der Waals surface area contributed by atoms with Crippen LogP contribution < -0.4 is 0 Å². The van der Waals surface area contributed by atoms with Gasteiger partial charge in [-0.2, -0.15) is 0 Å². The van der Waals surface area contributed by atoms with Crippen LogP contribution in [0.4, 0.5) is 0 Å². The van der Waals surface area contributed by atoms with Crippen molar-refractivity contribution in [2.24, 2.45) is 11.8 Å². The molecule has 0 aromatic rings. The Balaban J connectivity index is 2.71. The highest BCUT2D eigenvalue weighted by Crippen LogP contribution is 2.40. The molecule has 8 nitrogen and oxygen atoms in total. The number of rotatable bonds is 4. The van der Waals surface area contributed by atoms with Crippen LogP contribution in [0.3, 0.4) is 0 Å². The van der Waals surface area contributed by atoms with Gasteiger partial charge in [-0.15, -0.1) is 0 Å². The molecular formula is C23H28O8. The highest BCUT2D eigenvalue weighted by atomic mass is 16.6. The van der Waals surface area contributed by atoms with Gasteiger partial charge >= 0.3 is 17.9 Å². The Labute approximate surface area is 181 Å². The first-order valence-electron chi connectivity index (χ1n) is 9.85. The molecule has 0 bridgehead atoms. The van der Waals surface area contributed by atoms with Crippen LogP contribution in [0.5, 0.6) is 0 Å². The van der Waals surface area contributed by atoms with E-state index in [1.54, 1.807) is 13.0 Å². The van der Waals surface area contributed by atoms with Crippen molar-refractivity contribution in [3.63, 3.8) is 0 Å². The van der Waals surface area contributed by atoms with Gasteiger partial charge in [-0.05, 0) is 39.2 Å². The molecule has 1 heterocycles. The summed E-state index contributed by atoms with van der Waals surface area (Å²) < 4.78 is 16.4. The van der Waals surface area contributed by atoms with E-state index in [1.165, 1.54) is 19.9 Å². The molecule has 1 aliphatic heterocycles. The molecule has 0 aromatic heterocycles. The maximum absolute atomic E-state index is 12.8. The average molecular weight is 432 g/mol. The van der Waals surface area contributed by atoms with Gasteiger partial charge in [0.05, 0.1) is 5.92 Å². The maximum Gasteiger partial charge on any atom is 0.334 e. The lowest BCUT2D eigenvalue weighted by molar-refractivity contribution is -0.193. The monoisotopic (exact) mass is 432 g/mol. The van der Waals surface area contributed by atoms with Gasteiger partial charge in [0, 0.05) is 16.7 Å². The smallest absolute Gasteiger partial charge is 0.334 e. The van der Waals surface area contributed by atoms with E-state index in [0.717, 1.165) is 6.92 Å². The van der Waals surface area contributed by atoms with Crippen LogP contribution in [0.1, 0.15) is 34.1 Å². The van der Waals surface area contributed by atoms with Crippen LogP contribution in [0, 0.1) is 11.8 Å². The summed E-state index contributed by atoms with van der Waals surface area (Å²) in [7, 11) is 0. The van der Waals surface area contributed by atoms with E-state index in [4.69, 9.17) is 14.2 Å². The number of hydrogen-bond donors (Lipinski definition) is 1. The molecule has 1 saturated heterocycles. The van der Waals surface area contributed by atoms with Crippen LogP contribution in [-0.2, 0) is 33.4 Å². The van der Waals surface area contributed by atoms with E-state index in [-0.39, 0.29) is 22.6 Å². The second-order valence-corrected chi connectivity index (χ2v) is 8.34. The van der Waals surface area contributed by atoms with E-state index in [0.29, 0.717) is 6.42 Å². The molecule has 168 valence electrons. The number of ether oxygens (including phenoxy) is 3. The topological polar surface area (TPSA) is 116 Å². The lowest BCUT2D eigenvalue weighted by atomic mass is 9.77. The lowest BCUT2D eigenvalue weighted by Crippen LogP contribution is -2.58. The summed E-state index contributed by atoms with van der Waals surface area (Å²) in [6, 6.07) is 0. The number of allylic oxidation sites excluding steroid dienone is 1. The Morgan fingerprint density at radius 3 is 2.26 bits per heavy atom. The maximum atomic E-state index is 12.8. The molecular weight excluding hydrogens is 404 g/mol. The van der Waals surface area contributed by atoms with Gasteiger partial charge < -0.3 is 19.3 Å². The van der Waals surface area contributed by atoms with Crippen molar-refractivity contribution >= 4 is 23.7 Å². The Hall–Kier alpha value is -3.00. The third kappa shape index (κ3) is 5.02. The van der Waals surface area contributed by atoms with E-state index in [1.807, 2.05) is 0 Å². The predicted molar refractivity (Wildman–Crippen MR) is 110 cm³/mol. The first-order chi connectivity index (χ1) is 14.3. The quantitative estimate of drug-likeness (QED) is 0.407. The fourth-order valence-electron chi connectivity index (χ4n) is 3.52. The molecule has 0 aromatic carbocycles. The number of fused-ring (bicyclic) bond motifs is 1. The fourth-order valence-corrected chi connectivity index (χ4v) is 3.52. The van der Waals surface area contributed by atoms with Crippen molar-refractivity contribution in [2.45, 2.75) is 58.0 Å². The largest absolute Gasteiger partial charge is 0.458 e. The molecule has 6 atom stereocenters. The van der Waals surface area contributed by atoms with Gasteiger partial charge in [0.15, 0.2) is 23.6 Å². The molecule has 6 unspecified atom stereocenters. The molecule has 0 spiro atoms. The van der Waals surface area contributed by atoms with Crippen LogP contribution in [0.25, 0.3) is 0 Å². The Morgan fingerprint density at radius 1 is 1.16 bits per heavy atom. The average Bonchev–Trinajstić information content (AvgIpc) is 2.94. The molecule has 0 radical (unpaired) electrons. The van der Waals surface area contributed by atoms with E-state index >= 15 is 0 Å². The normalized spacial score (nSPS) is 33.2. The van der Waals surface area contributed by atoms with Crippen LogP contribution in [-0.4, -0.2) is 52.7 Å². The highest BCUT2D eigenvalue weighted by molar-refractivity contribution is 5.98. The molecule has 1 N–H and O–H groups in total. The minimum absolute atomic E-state index is 0.00334. The highest BCUT2D eigenvalue weighted by Gasteiger charge is 2.56. The Morgan fingerprint density at radius 2 is 1.71 bits per heavy atom. The fraction of sp³-hybridized carbons (Fsp3) is 0.478. The summed E-state index contributed by atoms with van der Waals surface area (Å²) in [4.78, 5) is 50.0. The first kappa shape index (κ1) is 24.3. The molecule has 2 rings (SSSR count). The summed E-state index contributed by atoms with van der Waals surface area (Å²) in [5, 5.41) is 11.2. The van der Waals surface area contributed by atoms with Crippen LogP contribution >= 0.6 is 0 Å². The third-order valence-electron chi connectivity index (χ3n) is 5.38. The second-order valence-electron chi connectivity index (χ2n) is 8.34. The molecule has 0 saturated carbocycles. The number of hydrogen-bond acceptors (Lipinski definition) is 8. The zero-order chi connectivity index (χ0) is 23.7. The second kappa shape index (κ2) is 9.01. The van der Waals surface area contributed by atoms with Crippen molar-refractivity contribution in [3.05, 3.63) is 48.6 Å². The van der Waals surface area contributed by atoms with Gasteiger partial charge in [-0.1, -0.05) is 32.7 Å². The molecule has 2 aliphatic rings. The van der Waals surface area contributed by atoms with Crippen LogP contribution in [0.15, 0.2) is 48.6 Å². The SMILES string of the molecule is C=C(C)C(=O)OC1C2C(=C)C(=O)OC2CC(C)C=CC(=O)C(C)(O)C1OC(=O)C(=C)C. The Kier molecular flexibility index (Phi) is 7.06. The van der Waals surface area contributed by atoms with Crippen molar-refractivity contribution in [1.82, 2.24) is 0 Å². The Bertz CT molecular complexity index is 878. The number of carbonyl (C=O) groups excluding carboxylic acids is 4. The summed E-state index contributed by atoms with van der Waals surface area (Å²) in [5.74, 6) is -4.39. The van der Waals surface area contributed by atoms with Crippen molar-refractivity contribution in [1.29, 1.82) is 0 Å².